The van der Waals surface area contributed by atoms with E-state index in [2.05, 4.69) is 0 Å². The fourth-order valence-electron chi connectivity index (χ4n) is 2.16. The number of aliphatic hydroxyl groups is 1. The third kappa shape index (κ3) is 3.41. The van der Waals surface area contributed by atoms with Crippen molar-refractivity contribution in [2.45, 2.75) is 25.4 Å². The van der Waals surface area contributed by atoms with Crippen molar-refractivity contribution >= 4 is 10.0 Å². The van der Waals surface area contributed by atoms with Crippen LogP contribution in [0.5, 0.6) is 0 Å². The molecule has 0 saturated carbocycles. The third-order valence-corrected chi connectivity index (χ3v) is 4.79. The fourth-order valence-corrected chi connectivity index (χ4v) is 3.74. The Labute approximate surface area is 98.1 Å². The number of hydrogen-bond acceptors (Lipinski definition) is 4. The highest BCUT2D eigenvalue weighted by Crippen LogP contribution is 2.24. The van der Waals surface area contributed by atoms with E-state index >= 15 is 0 Å². The summed E-state index contributed by atoms with van der Waals surface area (Å²) in [6, 6.07) is 0. The summed E-state index contributed by atoms with van der Waals surface area (Å²) in [5.74, 6) is 0.172. The van der Waals surface area contributed by atoms with Crippen molar-refractivity contribution in [2.24, 2.45) is 0 Å². The van der Waals surface area contributed by atoms with Crippen LogP contribution in [0.4, 0.5) is 0 Å². The predicted molar refractivity (Wildman–Crippen MR) is 63.8 cm³/mol. The van der Waals surface area contributed by atoms with Gasteiger partial charge in [-0.2, -0.15) is 4.31 Å². The van der Waals surface area contributed by atoms with E-state index in [9.17, 15) is 13.5 Å². The van der Waals surface area contributed by atoms with Crippen molar-refractivity contribution < 1.29 is 13.5 Å². The lowest BCUT2D eigenvalue weighted by molar-refractivity contribution is 0.0302. The summed E-state index contributed by atoms with van der Waals surface area (Å²) in [5, 5.41) is 10.2. The maximum absolute atomic E-state index is 11.8. The average Bonchev–Trinajstić information content (AvgIpc) is 2.46. The van der Waals surface area contributed by atoms with Gasteiger partial charge in [0.1, 0.15) is 0 Å². The van der Waals surface area contributed by atoms with Crippen molar-refractivity contribution in [3.8, 4) is 0 Å². The smallest absolute Gasteiger partial charge is 0.214 e. The lowest BCUT2D eigenvalue weighted by Gasteiger charge is -2.26. The summed E-state index contributed by atoms with van der Waals surface area (Å²) in [6.07, 6.45) is 1.14. The molecule has 0 amide bonds. The molecule has 1 heterocycles. The van der Waals surface area contributed by atoms with Gasteiger partial charge in [0.15, 0.2) is 0 Å². The van der Waals surface area contributed by atoms with Crippen LogP contribution in [-0.4, -0.2) is 67.8 Å². The Morgan fingerprint density at radius 1 is 1.44 bits per heavy atom. The Balaban J connectivity index is 2.65. The Morgan fingerprint density at radius 3 is 2.56 bits per heavy atom. The maximum Gasteiger partial charge on any atom is 0.214 e. The molecule has 16 heavy (non-hydrogen) atoms. The Hall–Kier alpha value is -0.170. The van der Waals surface area contributed by atoms with Gasteiger partial charge in [-0.3, -0.25) is 0 Å². The molecular formula is C10H22N2O3S. The molecule has 1 saturated heterocycles. The van der Waals surface area contributed by atoms with Crippen LogP contribution in [0, 0.1) is 0 Å². The van der Waals surface area contributed by atoms with Crippen LogP contribution in [0.15, 0.2) is 0 Å². The minimum Gasteiger partial charge on any atom is -0.387 e. The van der Waals surface area contributed by atoms with Crippen molar-refractivity contribution in [3.63, 3.8) is 0 Å². The van der Waals surface area contributed by atoms with Gasteiger partial charge in [-0.05, 0) is 26.9 Å². The third-order valence-electron chi connectivity index (χ3n) is 2.76. The Morgan fingerprint density at radius 2 is 2.06 bits per heavy atom. The lowest BCUT2D eigenvalue weighted by Crippen LogP contribution is -2.43. The molecule has 1 aliphatic rings. The molecule has 6 heteroatoms. The van der Waals surface area contributed by atoms with Gasteiger partial charge in [-0.1, -0.05) is 6.92 Å². The molecule has 0 spiro atoms. The number of β-amino-alcohol motifs (C(OH)–C–C–N with tert-alkyl or cyclic N) is 1. The first kappa shape index (κ1) is 13.9. The van der Waals surface area contributed by atoms with Gasteiger partial charge in [0.2, 0.25) is 10.0 Å². The maximum atomic E-state index is 11.8. The highest BCUT2D eigenvalue weighted by atomic mass is 32.2. The van der Waals surface area contributed by atoms with E-state index in [4.69, 9.17) is 0 Å². The Bertz CT molecular complexity index is 329. The van der Waals surface area contributed by atoms with Gasteiger partial charge in [0.05, 0.1) is 11.4 Å². The summed E-state index contributed by atoms with van der Waals surface area (Å²) in [6.45, 7) is 3.02. The van der Waals surface area contributed by atoms with E-state index in [0.717, 1.165) is 0 Å². The van der Waals surface area contributed by atoms with Gasteiger partial charge < -0.3 is 10.0 Å². The Kier molecular flexibility index (Phi) is 4.34. The van der Waals surface area contributed by atoms with Gasteiger partial charge in [0, 0.05) is 19.6 Å². The topological polar surface area (TPSA) is 60.9 Å². The molecule has 96 valence electrons. The largest absolute Gasteiger partial charge is 0.387 e. The number of hydrogen-bond donors (Lipinski definition) is 1. The molecule has 0 radical (unpaired) electrons. The molecule has 1 fully saturated rings. The standard InChI is InChI=1S/C10H22N2O3S/c1-4-7-16(14,15)12-6-5-10(13,9-12)8-11(2)3/h13H,4-9H2,1-3H3/t10-/m0/s1. The summed E-state index contributed by atoms with van der Waals surface area (Å²) in [7, 11) is 0.590. The molecule has 0 aromatic rings. The highest BCUT2D eigenvalue weighted by Gasteiger charge is 2.40. The average molecular weight is 250 g/mol. The number of nitrogens with zero attached hydrogens (tertiary/aromatic N) is 2. The van der Waals surface area contributed by atoms with Crippen LogP contribution in [0.3, 0.4) is 0 Å². The monoisotopic (exact) mass is 250 g/mol. The summed E-state index contributed by atoms with van der Waals surface area (Å²) in [5.41, 5.74) is -0.885. The second kappa shape index (κ2) is 5.00. The van der Waals surface area contributed by atoms with Crippen LogP contribution in [-0.2, 0) is 10.0 Å². The van der Waals surface area contributed by atoms with Gasteiger partial charge in [-0.25, -0.2) is 8.42 Å². The van der Waals surface area contributed by atoms with E-state index in [1.807, 2.05) is 25.9 Å². The SMILES string of the molecule is CCCS(=O)(=O)N1CC[C@](O)(CN(C)C)C1. The molecule has 5 nitrogen and oxygen atoms in total. The zero-order valence-electron chi connectivity index (χ0n) is 10.3. The molecule has 0 unspecified atom stereocenters. The van der Waals surface area contributed by atoms with E-state index in [0.29, 0.717) is 25.9 Å². The van der Waals surface area contributed by atoms with Crippen molar-refractivity contribution in [1.29, 1.82) is 0 Å². The minimum atomic E-state index is -3.16. The number of rotatable bonds is 5. The van der Waals surface area contributed by atoms with Crippen LogP contribution >= 0.6 is 0 Å². The van der Waals surface area contributed by atoms with E-state index in [1.54, 1.807) is 0 Å². The summed E-state index contributed by atoms with van der Waals surface area (Å²) in [4.78, 5) is 1.88. The number of sulfonamides is 1. The van der Waals surface area contributed by atoms with Crippen LogP contribution in [0.1, 0.15) is 19.8 Å². The van der Waals surface area contributed by atoms with Gasteiger partial charge >= 0.3 is 0 Å². The molecule has 1 atom stereocenters. The molecule has 1 aliphatic heterocycles. The summed E-state index contributed by atoms with van der Waals surface area (Å²) < 4.78 is 25.0. The predicted octanol–water partition coefficient (Wildman–Crippen LogP) is -0.275. The van der Waals surface area contributed by atoms with E-state index in [-0.39, 0.29) is 12.3 Å². The molecule has 0 aromatic carbocycles. The summed E-state index contributed by atoms with van der Waals surface area (Å²) >= 11 is 0. The van der Waals surface area contributed by atoms with Crippen LogP contribution in [0.25, 0.3) is 0 Å². The second-order valence-electron chi connectivity index (χ2n) is 4.86. The molecule has 1 rings (SSSR count). The van der Waals surface area contributed by atoms with Crippen molar-refractivity contribution in [2.75, 3.05) is 39.5 Å². The molecule has 1 N–H and O–H groups in total. The first-order valence-corrected chi connectivity index (χ1v) is 7.25. The first-order valence-electron chi connectivity index (χ1n) is 5.64. The van der Waals surface area contributed by atoms with Crippen LogP contribution < -0.4 is 0 Å². The van der Waals surface area contributed by atoms with Crippen LogP contribution in [0.2, 0.25) is 0 Å². The quantitative estimate of drug-likeness (QED) is 0.729. The van der Waals surface area contributed by atoms with E-state index < -0.39 is 15.6 Å². The molecule has 0 aliphatic carbocycles. The minimum absolute atomic E-state index is 0.172. The van der Waals surface area contributed by atoms with Gasteiger partial charge in [-0.15, -0.1) is 0 Å². The van der Waals surface area contributed by atoms with Crippen molar-refractivity contribution in [1.82, 2.24) is 9.21 Å². The highest BCUT2D eigenvalue weighted by molar-refractivity contribution is 7.89. The second-order valence-corrected chi connectivity index (χ2v) is 6.95. The molecule has 0 bridgehead atoms. The molecule has 0 aromatic heterocycles. The zero-order chi connectivity index (χ0) is 12.4. The first-order chi connectivity index (χ1) is 7.29. The van der Waals surface area contributed by atoms with Crippen molar-refractivity contribution in [3.05, 3.63) is 0 Å². The molecular weight excluding hydrogens is 228 g/mol. The van der Waals surface area contributed by atoms with E-state index in [1.165, 1.54) is 4.31 Å². The lowest BCUT2D eigenvalue weighted by atomic mass is 10.0. The fraction of sp³-hybridized carbons (Fsp3) is 1.00. The zero-order valence-corrected chi connectivity index (χ0v) is 11.1. The normalized spacial score (nSPS) is 27.8. The number of likely N-dealkylation sites (N-methyl/N-ethyl adjacent to an activating group) is 1. The van der Waals surface area contributed by atoms with Gasteiger partial charge in [0.25, 0.3) is 0 Å².